The second-order valence-electron chi connectivity index (χ2n) is 8.40. The van der Waals surface area contributed by atoms with Crippen LogP contribution < -0.4 is 4.90 Å². The summed E-state index contributed by atoms with van der Waals surface area (Å²) in [5.41, 5.74) is 0.944. The topological polar surface area (TPSA) is 216 Å². The lowest BCUT2D eigenvalue weighted by Gasteiger charge is -2.28. The average Bonchev–Trinajstić information content (AvgIpc) is 2.77. The van der Waals surface area contributed by atoms with Crippen LogP contribution in [0.25, 0.3) is 0 Å². The Kier molecular flexibility index (Phi) is 12.7. The van der Waals surface area contributed by atoms with Crippen LogP contribution in [-0.4, -0.2) is 80.3 Å². The summed E-state index contributed by atoms with van der Waals surface area (Å²) in [5.74, 6) is -2.42. The van der Waals surface area contributed by atoms with Crippen LogP contribution in [-0.2, 0) is 30.4 Å². The second-order valence-corrected chi connectivity index (χ2v) is 13.0. The van der Waals surface area contributed by atoms with Gasteiger partial charge >= 0.3 is 5.97 Å². The van der Waals surface area contributed by atoms with Crippen LogP contribution in [0.5, 0.6) is 0 Å². The van der Waals surface area contributed by atoms with Gasteiger partial charge in [-0.2, -0.15) is 25.3 Å². The van der Waals surface area contributed by atoms with Crippen LogP contribution in [0.3, 0.4) is 0 Å². The van der Waals surface area contributed by atoms with E-state index in [1.54, 1.807) is 44.2 Å². The number of aliphatic imine (C=N–C) groups is 1. The lowest BCUT2D eigenvalue weighted by Crippen LogP contribution is -2.26. The number of carboxylic acids is 1. The molecule has 0 heterocycles. The third-order valence-corrected chi connectivity index (χ3v) is 7.64. The summed E-state index contributed by atoms with van der Waals surface area (Å²) in [4.78, 5) is 16.7. The van der Waals surface area contributed by atoms with Crippen LogP contribution >= 0.6 is 0 Å². The number of nitrogens with zero attached hydrogens (tertiary/aromatic N) is 2. The highest BCUT2D eigenvalue weighted by molar-refractivity contribution is 7.86. The first kappa shape index (κ1) is 34.1. The van der Waals surface area contributed by atoms with E-state index in [1.165, 1.54) is 11.8 Å². The van der Waals surface area contributed by atoms with Crippen molar-refractivity contribution in [2.45, 2.75) is 38.5 Å². The van der Waals surface area contributed by atoms with Crippen molar-refractivity contribution in [3.8, 4) is 0 Å². The maximum Gasteiger partial charge on any atom is 0.336 e. The molecule has 218 valence electrons. The molecular weight excluding hydrogens is 576 g/mol. The highest BCUT2D eigenvalue weighted by Gasteiger charge is 2.22. The van der Waals surface area contributed by atoms with E-state index in [0.717, 1.165) is 12.1 Å². The summed E-state index contributed by atoms with van der Waals surface area (Å²) in [6.07, 6.45) is 8.19. The second kappa shape index (κ2) is 14.5. The fraction of sp³-hybridized carbons (Fsp3) is 0.391. The largest absolute Gasteiger partial charge is 0.478 e. The molecule has 13 nitrogen and oxygen atoms in total. The van der Waals surface area contributed by atoms with E-state index < -0.39 is 52.7 Å². The predicted octanol–water partition coefficient (Wildman–Crippen LogP) is 2.78. The molecule has 0 bridgehead atoms. The van der Waals surface area contributed by atoms with E-state index in [1.807, 2.05) is 0 Å². The molecule has 0 amide bonds. The number of rotatable bonds is 15. The smallest absolute Gasteiger partial charge is 0.336 e. The summed E-state index contributed by atoms with van der Waals surface area (Å²) in [6.45, 7) is 4.91. The van der Waals surface area contributed by atoms with E-state index in [9.17, 15) is 39.7 Å². The van der Waals surface area contributed by atoms with Gasteiger partial charge in [0.25, 0.3) is 30.4 Å². The quantitative estimate of drug-likeness (QED) is 0.0978. The van der Waals surface area contributed by atoms with Gasteiger partial charge in [0.1, 0.15) is 0 Å². The van der Waals surface area contributed by atoms with E-state index in [4.69, 9.17) is 9.11 Å². The molecular formula is C23H32N2O11S3. The highest BCUT2D eigenvalue weighted by atomic mass is 32.2. The van der Waals surface area contributed by atoms with Gasteiger partial charge in [-0.05, 0) is 63.5 Å². The van der Waals surface area contributed by atoms with E-state index in [0.29, 0.717) is 11.4 Å². The van der Waals surface area contributed by atoms with Gasteiger partial charge in [-0.15, -0.1) is 0 Å². The molecule has 1 aromatic rings. The molecule has 0 fully saturated rings. The first-order valence-corrected chi connectivity index (χ1v) is 16.0. The van der Waals surface area contributed by atoms with Gasteiger partial charge in [-0.1, -0.05) is 18.2 Å². The first-order chi connectivity index (χ1) is 17.8. The molecule has 0 spiro atoms. The van der Waals surface area contributed by atoms with Crippen molar-refractivity contribution in [1.29, 1.82) is 0 Å². The Labute approximate surface area is 228 Å². The fourth-order valence-corrected chi connectivity index (χ4v) is 4.83. The number of aromatic carboxylic acids is 1. The molecule has 0 radical (unpaired) electrons. The Hall–Kier alpha value is -2.89. The molecule has 0 unspecified atom stereocenters. The third-order valence-electron chi connectivity index (χ3n) is 5.20. The zero-order valence-corrected chi connectivity index (χ0v) is 24.0. The number of allylic oxidation sites excluding steroid dienone is 6. The van der Waals surface area contributed by atoms with E-state index >= 15 is 0 Å². The number of anilines is 1. The molecule has 16 heteroatoms. The zero-order valence-electron chi connectivity index (χ0n) is 21.5. The highest BCUT2D eigenvalue weighted by Crippen LogP contribution is 2.30. The first-order valence-electron chi connectivity index (χ1n) is 11.4. The summed E-state index contributed by atoms with van der Waals surface area (Å²) in [7, 11) is -13.1. The van der Waals surface area contributed by atoms with Gasteiger partial charge in [-0.3, -0.25) is 18.7 Å². The van der Waals surface area contributed by atoms with Crippen molar-refractivity contribution in [2.75, 3.05) is 29.5 Å². The maximum atomic E-state index is 11.8. The van der Waals surface area contributed by atoms with Crippen LogP contribution in [0.2, 0.25) is 0 Å². The molecule has 0 aliphatic heterocycles. The van der Waals surface area contributed by atoms with Crippen molar-refractivity contribution >= 4 is 47.7 Å². The minimum absolute atomic E-state index is 0.0457. The van der Waals surface area contributed by atoms with Crippen molar-refractivity contribution in [1.82, 2.24) is 0 Å². The number of benzene rings is 1. The van der Waals surface area contributed by atoms with Gasteiger partial charge in [0.15, 0.2) is 0 Å². The standard InChI is InChI=1S/C23H32N2O11S3/c1-17(24-11-7-13-37(28,29)30)9-5-4-6-10-18(2)25(12-8-14-38(31,32)33)22-16-20(39(34,35)36)15-21(19(22)3)23(26)27/h4-6,9-10,15-16H,7-8,11-14H2,1-3H3,(H,26,27)(H,28,29,30)(H,31,32,33)(H,34,35,36)/b6-4+,9-5+,18-10+,24-17-. The molecule has 1 rings (SSSR count). The Balaban J connectivity index is 3.29. The van der Waals surface area contributed by atoms with Gasteiger partial charge in [0, 0.05) is 30.2 Å². The van der Waals surface area contributed by atoms with Crippen molar-refractivity contribution in [3.63, 3.8) is 0 Å². The lowest BCUT2D eigenvalue weighted by atomic mass is 10.0. The minimum Gasteiger partial charge on any atom is -0.478 e. The molecule has 0 aromatic heterocycles. The Morgan fingerprint density at radius 2 is 1.51 bits per heavy atom. The van der Waals surface area contributed by atoms with Crippen molar-refractivity contribution in [2.24, 2.45) is 4.99 Å². The van der Waals surface area contributed by atoms with Gasteiger partial charge in [0.05, 0.1) is 22.0 Å². The van der Waals surface area contributed by atoms with Crippen LogP contribution in [0, 0.1) is 6.92 Å². The summed E-state index contributed by atoms with van der Waals surface area (Å²) in [5, 5.41) is 9.54. The zero-order chi connectivity index (χ0) is 30.0. The molecule has 4 N–H and O–H groups in total. The molecule has 39 heavy (non-hydrogen) atoms. The molecule has 1 aromatic carbocycles. The van der Waals surface area contributed by atoms with Crippen LogP contribution in [0.4, 0.5) is 5.69 Å². The Bertz CT molecular complexity index is 1490. The van der Waals surface area contributed by atoms with Crippen molar-refractivity contribution < 1.29 is 48.8 Å². The van der Waals surface area contributed by atoms with E-state index in [-0.39, 0.29) is 42.7 Å². The van der Waals surface area contributed by atoms with Gasteiger partial charge in [0.2, 0.25) is 0 Å². The number of hydrogen-bond acceptors (Lipinski definition) is 9. The predicted molar refractivity (Wildman–Crippen MR) is 147 cm³/mol. The molecule has 0 aliphatic carbocycles. The lowest BCUT2D eigenvalue weighted by molar-refractivity contribution is 0.0695. The summed E-state index contributed by atoms with van der Waals surface area (Å²) < 4.78 is 94.8. The average molecular weight is 609 g/mol. The number of hydrogen-bond donors (Lipinski definition) is 4. The third kappa shape index (κ3) is 13.1. The normalized spacial score (nSPS) is 13.9. The number of carbonyl (C=O) groups is 1. The van der Waals surface area contributed by atoms with Crippen LogP contribution in [0.15, 0.2) is 58.1 Å². The SMILES string of the molecule is CC(/C=C/C=C/C=C(\C)N(CCCS(=O)(=O)O)c1cc(S(=O)(=O)O)cc(C(=O)O)c1C)=N/CCCS(=O)(=O)O. The summed E-state index contributed by atoms with van der Waals surface area (Å²) >= 11 is 0. The van der Waals surface area contributed by atoms with Crippen LogP contribution in [0.1, 0.15) is 42.6 Å². The van der Waals surface area contributed by atoms with E-state index in [2.05, 4.69) is 4.99 Å². The number of carboxylic acid groups (broad SMARTS) is 1. The maximum absolute atomic E-state index is 11.8. The molecule has 0 atom stereocenters. The monoisotopic (exact) mass is 608 g/mol. The fourth-order valence-electron chi connectivity index (χ4n) is 3.32. The molecule has 0 aliphatic rings. The van der Waals surface area contributed by atoms with Crippen molar-refractivity contribution in [3.05, 3.63) is 59.3 Å². The Morgan fingerprint density at radius 3 is 2.05 bits per heavy atom. The summed E-state index contributed by atoms with van der Waals surface area (Å²) in [6, 6.07) is 1.90. The van der Waals surface area contributed by atoms with Gasteiger partial charge < -0.3 is 10.0 Å². The minimum atomic E-state index is -4.77. The Morgan fingerprint density at radius 1 is 0.923 bits per heavy atom. The molecule has 0 saturated heterocycles. The van der Waals surface area contributed by atoms with Gasteiger partial charge in [-0.25, -0.2) is 4.79 Å². The molecule has 0 saturated carbocycles.